The summed E-state index contributed by atoms with van der Waals surface area (Å²) >= 11 is 0. The van der Waals surface area contributed by atoms with E-state index < -0.39 is 0 Å². The Kier molecular flexibility index (Phi) is 10.5. The van der Waals surface area contributed by atoms with E-state index in [1.807, 2.05) is 13.8 Å². The summed E-state index contributed by atoms with van der Waals surface area (Å²) in [7, 11) is 4.33. The molecule has 0 aliphatic carbocycles. The predicted molar refractivity (Wildman–Crippen MR) is 86.8 cm³/mol. The van der Waals surface area contributed by atoms with Crippen molar-refractivity contribution < 1.29 is 0 Å². The number of rotatable bonds is 1. The van der Waals surface area contributed by atoms with E-state index in [4.69, 9.17) is 0 Å². The van der Waals surface area contributed by atoms with E-state index in [-0.39, 0.29) is 0 Å². The second-order valence-corrected chi connectivity index (χ2v) is 5.10. The molecule has 0 bridgehead atoms. The molecule has 1 aromatic carbocycles. The highest BCUT2D eigenvalue weighted by atomic mass is 15.1. The Morgan fingerprint density at radius 1 is 0.895 bits per heavy atom. The van der Waals surface area contributed by atoms with Gasteiger partial charge in [-0.05, 0) is 53.9 Å². The molecule has 0 saturated carbocycles. The van der Waals surface area contributed by atoms with Gasteiger partial charge in [0.1, 0.15) is 0 Å². The largest absolute Gasteiger partial charge is 0.317 e. The summed E-state index contributed by atoms with van der Waals surface area (Å²) in [4.78, 5) is 2.32. The average molecular weight is 264 g/mol. The van der Waals surface area contributed by atoms with Crippen molar-refractivity contribution in [3.63, 3.8) is 0 Å². The maximum Gasteiger partial charge on any atom is 0.0113 e. The molecule has 2 heteroatoms. The molecule has 1 aliphatic rings. The zero-order valence-electron chi connectivity index (χ0n) is 13.7. The normalized spacial score (nSPS) is 15.1. The topological polar surface area (TPSA) is 15.3 Å². The molecule has 1 saturated heterocycles. The van der Waals surface area contributed by atoms with Crippen LogP contribution in [0.3, 0.4) is 0 Å². The van der Waals surface area contributed by atoms with Crippen molar-refractivity contribution in [1.29, 1.82) is 0 Å². The zero-order valence-corrected chi connectivity index (χ0v) is 13.7. The van der Waals surface area contributed by atoms with Gasteiger partial charge in [0.25, 0.3) is 0 Å². The second kappa shape index (κ2) is 11.0. The third-order valence-electron chi connectivity index (χ3n) is 3.26. The molecule has 1 aliphatic heterocycles. The van der Waals surface area contributed by atoms with Gasteiger partial charge in [0.05, 0.1) is 0 Å². The van der Waals surface area contributed by atoms with Crippen molar-refractivity contribution in [2.24, 2.45) is 0 Å². The fraction of sp³-hybridized carbons (Fsp3) is 0.647. The summed E-state index contributed by atoms with van der Waals surface area (Å²) in [5.74, 6) is 0. The number of hydrogen-bond donors (Lipinski definition) is 1. The lowest BCUT2D eigenvalue weighted by Gasteiger charge is -2.28. The van der Waals surface area contributed by atoms with Crippen molar-refractivity contribution in [3.05, 3.63) is 35.4 Å². The molecule has 1 N–H and O–H groups in total. The molecular weight excluding hydrogens is 232 g/mol. The number of nitrogens with zero attached hydrogens (tertiary/aromatic N) is 1. The van der Waals surface area contributed by atoms with Gasteiger partial charge < -0.3 is 10.2 Å². The van der Waals surface area contributed by atoms with E-state index in [2.05, 4.69) is 62.4 Å². The van der Waals surface area contributed by atoms with Crippen LogP contribution in [0.1, 0.15) is 37.8 Å². The minimum atomic E-state index is 0.825. The number of hydrogen-bond acceptors (Lipinski definition) is 2. The van der Waals surface area contributed by atoms with Crippen LogP contribution in [-0.4, -0.2) is 38.1 Å². The zero-order chi connectivity index (χ0) is 14.7. The Labute approximate surface area is 120 Å². The predicted octanol–water partition coefficient (Wildman–Crippen LogP) is 3.63. The van der Waals surface area contributed by atoms with Crippen molar-refractivity contribution in [1.82, 2.24) is 10.2 Å². The molecule has 2 rings (SSSR count). The average Bonchev–Trinajstić information content (AvgIpc) is 2.46. The van der Waals surface area contributed by atoms with E-state index in [9.17, 15) is 0 Å². The Morgan fingerprint density at radius 2 is 1.26 bits per heavy atom. The van der Waals surface area contributed by atoms with Gasteiger partial charge in [-0.3, -0.25) is 0 Å². The lowest BCUT2D eigenvalue weighted by atomic mass is 10.1. The molecule has 1 heterocycles. The summed E-state index contributed by atoms with van der Waals surface area (Å²) in [5.41, 5.74) is 2.66. The maximum atomic E-state index is 3.34. The van der Waals surface area contributed by atoms with Crippen LogP contribution in [0.25, 0.3) is 0 Å². The van der Waals surface area contributed by atoms with Gasteiger partial charge in [-0.25, -0.2) is 0 Å². The molecule has 0 spiro atoms. The van der Waals surface area contributed by atoms with Crippen molar-refractivity contribution in [3.8, 4) is 0 Å². The van der Waals surface area contributed by atoms with Crippen LogP contribution >= 0.6 is 0 Å². The quantitative estimate of drug-likeness (QED) is 0.833. The van der Waals surface area contributed by atoms with Crippen LogP contribution in [0.5, 0.6) is 0 Å². The molecule has 19 heavy (non-hydrogen) atoms. The highest BCUT2D eigenvalue weighted by Gasteiger charge is 2.13. The SMILES string of the molecule is CC.CN(C)C1CCNCC1.Cc1ccc(C)cc1. The number of aryl methyl sites for hydroxylation is 2. The maximum absolute atomic E-state index is 3.34. The van der Waals surface area contributed by atoms with Gasteiger partial charge in [-0.1, -0.05) is 49.2 Å². The molecule has 0 radical (unpaired) electrons. The minimum absolute atomic E-state index is 0.825. The van der Waals surface area contributed by atoms with Gasteiger partial charge in [-0.2, -0.15) is 0 Å². The first kappa shape index (κ1) is 18.1. The third-order valence-corrected chi connectivity index (χ3v) is 3.26. The Hall–Kier alpha value is -0.860. The standard InChI is InChI=1S/C8H10.C7H16N2.C2H6/c1-7-3-5-8(2)6-4-7;1-9(2)7-3-5-8-6-4-7;1-2/h3-6H,1-2H3;7-8H,3-6H2,1-2H3;1-2H3. The van der Waals surface area contributed by atoms with Gasteiger partial charge in [0, 0.05) is 6.04 Å². The lowest BCUT2D eigenvalue weighted by Crippen LogP contribution is -2.39. The number of nitrogens with one attached hydrogen (secondary N) is 1. The smallest absolute Gasteiger partial charge is 0.0113 e. The van der Waals surface area contributed by atoms with Gasteiger partial charge in [-0.15, -0.1) is 0 Å². The first-order valence-electron chi connectivity index (χ1n) is 7.50. The van der Waals surface area contributed by atoms with Crippen LogP contribution in [0.2, 0.25) is 0 Å². The molecule has 0 amide bonds. The molecule has 110 valence electrons. The lowest BCUT2D eigenvalue weighted by molar-refractivity contribution is 0.238. The molecule has 0 atom stereocenters. The fourth-order valence-corrected chi connectivity index (χ4v) is 1.96. The van der Waals surface area contributed by atoms with Gasteiger partial charge >= 0.3 is 0 Å². The van der Waals surface area contributed by atoms with E-state index in [0.29, 0.717) is 0 Å². The molecule has 0 unspecified atom stereocenters. The first-order chi connectivity index (χ1) is 9.09. The van der Waals surface area contributed by atoms with Gasteiger partial charge in [0.15, 0.2) is 0 Å². The fourth-order valence-electron chi connectivity index (χ4n) is 1.96. The Morgan fingerprint density at radius 3 is 1.53 bits per heavy atom. The highest BCUT2D eigenvalue weighted by Crippen LogP contribution is 2.06. The molecular formula is C17H32N2. The molecule has 1 aromatic rings. The van der Waals surface area contributed by atoms with Crippen molar-refractivity contribution in [2.75, 3.05) is 27.2 Å². The first-order valence-corrected chi connectivity index (χ1v) is 7.50. The van der Waals surface area contributed by atoms with Crippen LogP contribution in [0.15, 0.2) is 24.3 Å². The third kappa shape index (κ3) is 8.79. The Balaban J connectivity index is 0.000000303. The summed E-state index contributed by atoms with van der Waals surface area (Å²) in [6.45, 7) is 10.6. The molecule has 0 aromatic heterocycles. The number of benzene rings is 1. The summed E-state index contributed by atoms with van der Waals surface area (Å²) in [6, 6.07) is 9.31. The van der Waals surface area contributed by atoms with Crippen molar-refractivity contribution >= 4 is 0 Å². The van der Waals surface area contributed by atoms with E-state index in [0.717, 1.165) is 6.04 Å². The van der Waals surface area contributed by atoms with Crippen LogP contribution < -0.4 is 5.32 Å². The van der Waals surface area contributed by atoms with Crippen LogP contribution in [0.4, 0.5) is 0 Å². The highest BCUT2D eigenvalue weighted by molar-refractivity contribution is 5.19. The van der Waals surface area contributed by atoms with E-state index in [1.54, 1.807) is 0 Å². The van der Waals surface area contributed by atoms with Gasteiger partial charge in [0.2, 0.25) is 0 Å². The second-order valence-electron chi connectivity index (χ2n) is 5.10. The van der Waals surface area contributed by atoms with E-state index in [1.165, 1.54) is 37.1 Å². The van der Waals surface area contributed by atoms with E-state index >= 15 is 0 Å². The van der Waals surface area contributed by atoms with Crippen LogP contribution in [0, 0.1) is 13.8 Å². The Bertz CT molecular complexity index is 277. The number of piperidine rings is 1. The van der Waals surface area contributed by atoms with Crippen molar-refractivity contribution in [2.45, 2.75) is 46.6 Å². The monoisotopic (exact) mass is 264 g/mol. The molecule has 1 fully saturated rings. The summed E-state index contributed by atoms with van der Waals surface area (Å²) in [6.07, 6.45) is 2.62. The minimum Gasteiger partial charge on any atom is -0.317 e. The summed E-state index contributed by atoms with van der Waals surface area (Å²) in [5, 5.41) is 3.34. The van der Waals surface area contributed by atoms with Crippen LogP contribution in [-0.2, 0) is 0 Å². The molecule has 2 nitrogen and oxygen atoms in total. The summed E-state index contributed by atoms with van der Waals surface area (Å²) < 4.78 is 0.